The highest BCUT2D eigenvalue weighted by Crippen LogP contribution is 2.56. The third-order valence-corrected chi connectivity index (χ3v) is 7.50. The number of aryl methyl sites for hydroxylation is 1. The van der Waals surface area contributed by atoms with Crippen LogP contribution in [0.1, 0.15) is 48.8 Å². The van der Waals surface area contributed by atoms with Crippen LogP contribution in [0.25, 0.3) is 0 Å². The fraction of sp³-hybridized carbons (Fsp3) is 0.500. The summed E-state index contributed by atoms with van der Waals surface area (Å²) in [6.45, 7) is 2.40. The van der Waals surface area contributed by atoms with Gasteiger partial charge in [-0.05, 0) is 79.8 Å². The summed E-state index contributed by atoms with van der Waals surface area (Å²) in [5, 5.41) is 10.1. The zero-order valence-electron chi connectivity index (χ0n) is 15.5. The first-order chi connectivity index (χ1) is 12.8. The first-order valence-corrected chi connectivity index (χ1v) is 10.4. The molecule has 0 aromatic heterocycles. The van der Waals surface area contributed by atoms with E-state index in [9.17, 15) is 5.11 Å². The molecule has 26 heavy (non-hydrogen) atoms. The lowest BCUT2D eigenvalue weighted by atomic mass is 9.52. The summed E-state index contributed by atoms with van der Waals surface area (Å²) in [7, 11) is 0. The monoisotopic (exact) mass is 347 g/mol. The summed E-state index contributed by atoms with van der Waals surface area (Å²) in [6.07, 6.45) is 8.94. The Balaban J connectivity index is 1.41. The number of phenols is 1. The number of likely N-dealkylation sites (tertiary alicyclic amines) is 1. The Hall–Kier alpha value is -1.80. The van der Waals surface area contributed by atoms with E-state index in [4.69, 9.17) is 0 Å². The number of hydrogen-bond acceptors (Lipinski definition) is 2. The molecule has 1 saturated heterocycles. The van der Waals surface area contributed by atoms with Crippen molar-refractivity contribution in [1.82, 2.24) is 4.90 Å². The van der Waals surface area contributed by atoms with Crippen molar-refractivity contribution in [1.29, 1.82) is 0 Å². The molecule has 1 heterocycles. The SMILES string of the molecule is Oc1ccc2c(c1)[C@@]13CCC[C@@H]([C@H]1CC2)N(CCc1ccccc1)CC3. The molecular weight excluding hydrogens is 318 g/mol. The summed E-state index contributed by atoms with van der Waals surface area (Å²) >= 11 is 0. The number of fused-ring (bicyclic) bond motifs is 1. The van der Waals surface area contributed by atoms with E-state index in [1.54, 1.807) is 0 Å². The van der Waals surface area contributed by atoms with Gasteiger partial charge in [-0.2, -0.15) is 0 Å². The lowest BCUT2D eigenvalue weighted by molar-refractivity contribution is -0.0209. The largest absolute Gasteiger partial charge is 0.508 e. The molecule has 5 rings (SSSR count). The molecule has 3 atom stereocenters. The normalized spacial score (nSPS) is 30.5. The van der Waals surface area contributed by atoms with Crippen molar-refractivity contribution in [3.63, 3.8) is 0 Å². The minimum absolute atomic E-state index is 0.332. The van der Waals surface area contributed by atoms with E-state index in [0.29, 0.717) is 11.2 Å². The Morgan fingerprint density at radius 1 is 1.04 bits per heavy atom. The smallest absolute Gasteiger partial charge is 0.115 e. The summed E-state index contributed by atoms with van der Waals surface area (Å²) < 4.78 is 0. The number of hydrogen-bond donors (Lipinski definition) is 1. The van der Waals surface area contributed by atoms with E-state index in [1.165, 1.54) is 68.3 Å². The molecule has 2 aromatic rings. The predicted molar refractivity (Wildman–Crippen MR) is 106 cm³/mol. The van der Waals surface area contributed by atoms with Crippen molar-refractivity contribution in [2.75, 3.05) is 13.1 Å². The number of benzene rings is 2. The van der Waals surface area contributed by atoms with E-state index < -0.39 is 0 Å². The Morgan fingerprint density at radius 3 is 2.81 bits per heavy atom. The predicted octanol–water partition coefficient (Wildman–Crippen LogP) is 4.69. The molecule has 0 spiro atoms. The highest BCUT2D eigenvalue weighted by molar-refractivity contribution is 5.44. The summed E-state index contributed by atoms with van der Waals surface area (Å²) in [5.41, 5.74) is 4.77. The molecular formula is C24H29NO. The average Bonchev–Trinajstić information content (AvgIpc) is 2.67. The van der Waals surface area contributed by atoms with E-state index >= 15 is 0 Å². The first kappa shape index (κ1) is 16.4. The third-order valence-electron chi connectivity index (χ3n) is 7.50. The Labute approximate surface area is 156 Å². The Kier molecular flexibility index (Phi) is 4.04. The van der Waals surface area contributed by atoms with Crippen molar-refractivity contribution in [3.05, 3.63) is 65.2 Å². The number of nitrogens with zero attached hydrogens (tertiary/aromatic N) is 1. The zero-order valence-corrected chi connectivity index (χ0v) is 15.5. The second-order valence-electron chi connectivity index (χ2n) is 8.62. The van der Waals surface area contributed by atoms with Crippen molar-refractivity contribution in [3.8, 4) is 5.75 Å². The summed E-state index contributed by atoms with van der Waals surface area (Å²) in [6, 6.07) is 17.8. The molecule has 2 fully saturated rings. The van der Waals surface area contributed by atoms with Crippen molar-refractivity contribution >= 4 is 0 Å². The topological polar surface area (TPSA) is 23.5 Å². The second-order valence-corrected chi connectivity index (χ2v) is 8.62. The molecule has 2 bridgehead atoms. The molecule has 136 valence electrons. The summed E-state index contributed by atoms with van der Waals surface area (Å²) in [5.74, 6) is 1.22. The Bertz CT molecular complexity index is 786. The van der Waals surface area contributed by atoms with Gasteiger partial charge in [0.1, 0.15) is 5.75 Å². The van der Waals surface area contributed by atoms with Crippen molar-refractivity contribution in [2.24, 2.45) is 5.92 Å². The van der Waals surface area contributed by atoms with Crippen molar-refractivity contribution < 1.29 is 5.11 Å². The molecule has 2 aromatic carbocycles. The lowest BCUT2D eigenvalue weighted by Crippen LogP contribution is -2.60. The number of rotatable bonds is 3. The Morgan fingerprint density at radius 2 is 1.92 bits per heavy atom. The lowest BCUT2D eigenvalue weighted by Gasteiger charge is -2.59. The molecule has 0 radical (unpaired) electrons. The van der Waals surface area contributed by atoms with Gasteiger partial charge in [-0.1, -0.05) is 42.8 Å². The van der Waals surface area contributed by atoms with Gasteiger partial charge in [-0.25, -0.2) is 0 Å². The molecule has 3 aliphatic rings. The molecule has 0 unspecified atom stereocenters. The van der Waals surface area contributed by atoms with Crippen LogP contribution in [0.2, 0.25) is 0 Å². The van der Waals surface area contributed by atoms with Gasteiger partial charge in [-0.15, -0.1) is 0 Å². The zero-order chi connectivity index (χ0) is 17.6. The minimum atomic E-state index is 0.332. The van der Waals surface area contributed by atoms with Crippen LogP contribution in [0.5, 0.6) is 5.75 Å². The van der Waals surface area contributed by atoms with Gasteiger partial charge in [0.15, 0.2) is 0 Å². The minimum Gasteiger partial charge on any atom is -0.508 e. The van der Waals surface area contributed by atoms with E-state index in [2.05, 4.69) is 47.4 Å². The standard InChI is InChI=1S/C24H29NO/c26-20-10-8-19-9-11-21-23-7-4-13-24(21,22(19)17-20)14-16-25(23)15-12-18-5-2-1-3-6-18/h1-3,5-6,8,10,17,21,23,26H,4,7,9,11-16H2/t21-,23+,24-/m1/s1. The molecule has 2 heteroatoms. The fourth-order valence-corrected chi connectivity index (χ4v) is 6.33. The second kappa shape index (κ2) is 6.42. The van der Waals surface area contributed by atoms with E-state index in [-0.39, 0.29) is 0 Å². The van der Waals surface area contributed by atoms with Crippen LogP contribution in [-0.4, -0.2) is 29.1 Å². The van der Waals surface area contributed by atoms with Gasteiger partial charge < -0.3 is 5.11 Å². The van der Waals surface area contributed by atoms with Gasteiger partial charge in [0.25, 0.3) is 0 Å². The van der Waals surface area contributed by atoms with E-state index in [0.717, 1.165) is 18.4 Å². The first-order valence-electron chi connectivity index (χ1n) is 10.4. The summed E-state index contributed by atoms with van der Waals surface area (Å²) in [4.78, 5) is 2.79. The maximum atomic E-state index is 10.1. The average molecular weight is 348 g/mol. The van der Waals surface area contributed by atoms with Crippen LogP contribution in [0.4, 0.5) is 0 Å². The number of phenolic OH excluding ortho intramolecular Hbond substituents is 1. The van der Waals surface area contributed by atoms with Crippen LogP contribution in [0, 0.1) is 5.92 Å². The van der Waals surface area contributed by atoms with Crippen molar-refractivity contribution in [2.45, 2.75) is 56.4 Å². The third kappa shape index (κ3) is 2.58. The quantitative estimate of drug-likeness (QED) is 0.870. The highest BCUT2D eigenvalue weighted by Gasteiger charge is 2.53. The van der Waals surface area contributed by atoms with Crippen LogP contribution in [0.15, 0.2) is 48.5 Å². The van der Waals surface area contributed by atoms with Gasteiger partial charge in [0, 0.05) is 18.0 Å². The molecule has 2 aliphatic carbocycles. The number of aromatic hydroxyl groups is 1. The van der Waals surface area contributed by atoms with E-state index in [1.807, 2.05) is 6.07 Å². The number of piperidine rings is 1. The van der Waals surface area contributed by atoms with Gasteiger partial charge in [0.2, 0.25) is 0 Å². The molecule has 1 N–H and O–H groups in total. The van der Waals surface area contributed by atoms with Crippen LogP contribution >= 0.6 is 0 Å². The molecule has 1 saturated carbocycles. The molecule has 0 amide bonds. The van der Waals surface area contributed by atoms with Gasteiger partial charge >= 0.3 is 0 Å². The molecule has 1 aliphatic heterocycles. The molecule has 2 nitrogen and oxygen atoms in total. The fourth-order valence-electron chi connectivity index (χ4n) is 6.33. The van der Waals surface area contributed by atoms with Gasteiger partial charge in [0.05, 0.1) is 0 Å². The maximum Gasteiger partial charge on any atom is 0.115 e. The highest BCUT2D eigenvalue weighted by atomic mass is 16.3. The van der Waals surface area contributed by atoms with Crippen LogP contribution < -0.4 is 0 Å². The van der Waals surface area contributed by atoms with Crippen LogP contribution in [-0.2, 0) is 18.3 Å². The van der Waals surface area contributed by atoms with Crippen LogP contribution in [0.3, 0.4) is 0 Å². The van der Waals surface area contributed by atoms with Gasteiger partial charge in [-0.3, -0.25) is 4.90 Å². The maximum absolute atomic E-state index is 10.1.